The molecule has 40 heavy (non-hydrogen) atoms. The Balaban J connectivity index is 1.37. The molecule has 204 valence electrons. The monoisotopic (exact) mass is 539 g/mol. The minimum atomic E-state index is -0.612. The zero-order chi connectivity index (χ0) is 27.9. The van der Waals surface area contributed by atoms with Gasteiger partial charge in [0.25, 0.3) is 11.8 Å². The number of benzene rings is 3. The van der Waals surface area contributed by atoms with Gasteiger partial charge in [-0.2, -0.15) is 0 Å². The third kappa shape index (κ3) is 6.04. The van der Waals surface area contributed by atoms with Crippen molar-refractivity contribution in [3.63, 3.8) is 0 Å². The van der Waals surface area contributed by atoms with Crippen LogP contribution in [0.15, 0.2) is 91.3 Å². The van der Waals surface area contributed by atoms with Crippen molar-refractivity contribution in [3.05, 3.63) is 114 Å². The van der Waals surface area contributed by atoms with E-state index in [1.54, 1.807) is 37.7 Å². The third-order valence-corrected chi connectivity index (χ3v) is 6.84. The number of rotatable bonds is 8. The van der Waals surface area contributed by atoms with Gasteiger partial charge in [0.05, 0.1) is 23.9 Å². The lowest BCUT2D eigenvalue weighted by Gasteiger charge is -2.38. The highest BCUT2D eigenvalue weighted by Crippen LogP contribution is 2.31. The van der Waals surface area contributed by atoms with E-state index in [9.17, 15) is 14.0 Å². The van der Waals surface area contributed by atoms with E-state index >= 15 is 0 Å². The Morgan fingerprint density at radius 3 is 2.30 bits per heavy atom. The summed E-state index contributed by atoms with van der Waals surface area (Å²) in [5, 5.41) is 5.69. The number of pyridine rings is 1. The molecule has 1 aromatic heterocycles. The molecule has 8 nitrogen and oxygen atoms in total. The Morgan fingerprint density at radius 1 is 0.850 bits per heavy atom. The molecule has 0 radical (unpaired) electrons. The molecule has 1 fully saturated rings. The van der Waals surface area contributed by atoms with Gasteiger partial charge in [0.2, 0.25) is 0 Å². The number of amides is 2. The minimum absolute atomic E-state index is 0.0679. The molecule has 0 saturated carbocycles. The van der Waals surface area contributed by atoms with Crippen molar-refractivity contribution in [2.75, 3.05) is 48.4 Å². The molecule has 0 aliphatic carbocycles. The number of ether oxygens (including phenoxy) is 1. The number of aromatic nitrogens is 1. The zero-order valence-electron chi connectivity index (χ0n) is 22.1. The van der Waals surface area contributed by atoms with E-state index in [4.69, 9.17) is 4.74 Å². The van der Waals surface area contributed by atoms with Gasteiger partial charge in [-0.15, -0.1) is 0 Å². The van der Waals surface area contributed by atoms with Crippen LogP contribution >= 0.6 is 0 Å². The molecule has 1 saturated heterocycles. The molecule has 2 N–H and O–H groups in total. The predicted octanol–water partition coefficient (Wildman–Crippen LogP) is 4.74. The quantitative estimate of drug-likeness (QED) is 0.337. The number of hydrogen-bond acceptors (Lipinski definition) is 6. The number of carbonyl (C=O) groups excluding carboxylic acids is 2. The molecule has 0 unspecified atom stereocenters. The van der Waals surface area contributed by atoms with Crippen molar-refractivity contribution in [2.24, 2.45) is 0 Å². The molecule has 1 aliphatic heterocycles. The van der Waals surface area contributed by atoms with Crippen molar-refractivity contribution in [3.8, 4) is 5.75 Å². The molecule has 0 spiro atoms. The largest absolute Gasteiger partial charge is 0.495 e. The highest BCUT2D eigenvalue weighted by molar-refractivity contribution is 6.06. The van der Waals surface area contributed by atoms with E-state index in [0.717, 1.165) is 35.8 Å². The standard InChI is InChI=1S/C31H30FN5O3/c1-40-29-11-5-4-10-28(29)37-17-15-36(16-18-37)27-13-12-23(35-31(39)24-8-2-3-9-26(24)32)19-25(27)30(38)34-21-22-7-6-14-33-20-22/h2-14,19-20H,15-18,21H2,1H3,(H,34,38)(H,35,39). The number of halogens is 1. The van der Waals surface area contributed by atoms with Crippen molar-refractivity contribution < 1.29 is 18.7 Å². The lowest BCUT2D eigenvalue weighted by atomic mass is 10.1. The summed E-state index contributed by atoms with van der Waals surface area (Å²) >= 11 is 0. The summed E-state index contributed by atoms with van der Waals surface area (Å²) in [6.07, 6.45) is 3.37. The summed E-state index contributed by atoms with van der Waals surface area (Å²) < 4.78 is 19.7. The zero-order valence-corrected chi connectivity index (χ0v) is 22.1. The SMILES string of the molecule is COc1ccccc1N1CCN(c2ccc(NC(=O)c3ccccc3F)cc2C(=O)NCc2cccnc2)CC1. The molecular formula is C31H30FN5O3. The average molecular weight is 540 g/mol. The first-order valence-corrected chi connectivity index (χ1v) is 13.0. The summed E-state index contributed by atoms with van der Waals surface area (Å²) in [5.41, 5.74) is 3.41. The van der Waals surface area contributed by atoms with Gasteiger partial charge in [0.15, 0.2) is 0 Å². The minimum Gasteiger partial charge on any atom is -0.495 e. The fourth-order valence-electron chi connectivity index (χ4n) is 4.77. The van der Waals surface area contributed by atoms with Gasteiger partial charge in [-0.05, 0) is 54.1 Å². The predicted molar refractivity (Wildman–Crippen MR) is 154 cm³/mol. The second kappa shape index (κ2) is 12.3. The Morgan fingerprint density at radius 2 is 1.57 bits per heavy atom. The van der Waals surface area contributed by atoms with Gasteiger partial charge in [0, 0.05) is 56.5 Å². The van der Waals surface area contributed by atoms with Gasteiger partial charge in [-0.3, -0.25) is 14.6 Å². The molecule has 1 aliphatic rings. The molecule has 3 aromatic carbocycles. The first-order chi connectivity index (χ1) is 19.5. The second-order valence-corrected chi connectivity index (χ2v) is 9.36. The summed E-state index contributed by atoms with van der Waals surface area (Å²) in [6, 6.07) is 22.6. The third-order valence-electron chi connectivity index (χ3n) is 6.84. The first-order valence-electron chi connectivity index (χ1n) is 13.0. The molecule has 9 heteroatoms. The number of hydrogen-bond donors (Lipinski definition) is 2. The number of carbonyl (C=O) groups is 2. The average Bonchev–Trinajstić information content (AvgIpc) is 3.00. The van der Waals surface area contributed by atoms with Crippen LogP contribution in [-0.4, -0.2) is 50.1 Å². The van der Waals surface area contributed by atoms with Crippen molar-refractivity contribution in [2.45, 2.75) is 6.54 Å². The van der Waals surface area contributed by atoms with Gasteiger partial charge in [-0.25, -0.2) is 4.39 Å². The summed E-state index contributed by atoms with van der Waals surface area (Å²) in [6.45, 7) is 3.15. The van der Waals surface area contributed by atoms with E-state index in [0.29, 0.717) is 30.9 Å². The number of anilines is 3. The molecule has 4 aromatic rings. The fraction of sp³-hybridized carbons (Fsp3) is 0.194. The van der Waals surface area contributed by atoms with Crippen molar-refractivity contribution >= 4 is 28.9 Å². The Kier molecular flexibility index (Phi) is 8.20. The van der Waals surface area contributed by atoms with Crippen LogP contribution in [0.25, 0.3) is 0 Å². The maximum Gasteiger partial charge on any atom is 0.258 e. The first kappa shape index (κ1) is 26.7. The van der Waals surface area contributed by atoms with Gasteiger partial charge >= 0.3 is 0 Å². The number of nitrogens with one attached hydrogen (secondary N) is 2. The van der Waals surface area contributed by atoms with Crippen LogP contribution in [-0.2, 0) is 6.54 Å². The van der Waals surface area contributed by atoms with E-state index < -0.39 is 11.7 Å². The van der Waals surface area contributed by atoms with E-state index in [1.165, 1.54) is 18.2 Å². The van der Waals surface area contributed by atoms with Crippen LogP contribution in [0.1, 0.15) is 26.3 Å². The van der Waals surface area contributed by atoms with E-state index in [-0.39, 0.29) is 11.5 Å². The number of nitrogens with zero attached hydrogens (tertiary/aromatic N) is 3. The summed E-state index contributed by atoms with van der Waals surface area (Å²) in [7, 11) is 1.66. The van der Waals surface area contributed by atoms with Crippen LogP contribution in [0.2, 0.25) is 0 Å². The normalized spacial score (nSPS) is 13.1. The number of para-hydroxylation sites is 2. The van der Waals surface area contributed by atoms with Gasteiger partial charge in [-0.1, -0.05) is 30.3 Å². The van der Waals surface area contributed by atoms with Crippen LogP contribution in [0.3, 0.4) is 0 Å². The molecule has 2 heterocycles. The fourth-order valence-corrected chi connectivity index (χ4v) is 4.77. The lowest BCUT2D eigenvalue weighted by molar-refractivity contribution is 0.0949. The molecule has 2 amide bonds. The highest BCUT2D eigenvalue weighted by Gasteiger charge is 2.24. The Bertz CT molecular complexity index is 1490. The van der Waals surface area contributed by atoms with Gasteiger partial charge in [0.1, 0.15) is 11.6 Å². The van der Waals surface area contributed by atoms with Crippen LogP contribution in [0.5, 0.6) is 5.75 Å². The highest BCUT2D eigenvalue weighted by atomic mass is 19.1. The Labute approximate surface area is 232 Å². The molecule has 0 atom stereocenters. The number of piperazine rings is 1. The van der Waals surface area contributed by atoms with Crippen LogP contribution in [0, 0.1) is 5.82 Å². The van der Waals surface area contributed by atoms with E-state index in [2.05, 4.69) is 25.4 Å². The maximum absolute atomic E-state index is 14.2. The number of methoxy groups -OCH3 is 1. The second-order valence-electron chi connectivity index (χ2n) is 9.36. The van der Waals surface area contributed by atoms with Crippen molar-refractivity contribution in [1.82, 2.24) is 10.3 Å². The summed E-state index contributed by atoms with van der Waals surface area (Å²) in [4.78, 5) is 34.7. The molecule has 5 rings (SSSR count). The molecular weight excluding hydrogens is 509 g/mol. The van der Waals surface area contributed by atoms with Crippen molar-refractivity contribution in [1.29, 1.82) is 0 Å². The van der Waals surface area contributed by atoms with E-state index in [1.807, 2.05) is 42.5 Å². The van der Waals surface area contributed by atoms with Gasteiger partial charge < -0.3 is 25.2 Å². The summed E-state index contributed by atoms with van der Waals surface area (Å²) in [5.74, 6) is -0.661. The van der Waals surface area contributed by atoms with Crippen LogP contribution < -0.4 is 25.2 Å². The van der Waals surface area contributed by atoms with Crippen LogP contribution in [0.4, 0.5) is 21.5 Å². The lowest BCUT2D eigenvalue weighted by Crippen LogP contribution is -2.47. The Hall–Kier alpha value is -4.92. The maximum atomic E-state index is 14.2. The molecule has 0 bridgehead atoms. The smallest absolute Gasteiger partial charge is 0.258 e. The topological polar surface area (TPSA) is 86.8 Å².